The van der Waals surface area contributed by atoms with E-state index in [9.17, 15) is 4.79 Å². The van der Waals surface area contributed by atoms with Crippen LogP contribution in [0, 0.1) is 0 Å². The molecule has 1 aromatic carbocycles. The van der Waals surface area contributed by atoms with Crippen LogP contribution in [0.25, 0.3) is 11.3 Å². The van der Waals surface area contributed by atoms with E-state index in [2.05, 4.69) is 15.9 Å². The molecule has 0 amide bonds. The highest BCUT2D eigenvalue weighted by Gasteiger charge is 2.10. The summed E-state index contributed by atoms with van der Waals surface area (Å²) in [7, 11) is 0. The average Bonchev–Trinajstić information content (AvgIpc) is 2.61. The van der Waals surface area contributed by atoms with Crippen molar-refractivity contribution in [1.29, 1.82) is 0 Å². The van der Waals surface area contributed by atoms with Crippen LogP contribution in [0.2, 0.25) is 0 Å². The summed E-state index contributed by atoms with van der Waals surface area (Å²) in [6.07, 6.45) is 0. The molecule has 0 aliphatic rings. The highest BCUT2D eigenvalue weighted by molar-refractivity contribution is 9.10. The zero-order valence-corrected chi connectivity index (χ0v) is 10.0. The molecular weight excluding hydrogens is 270 g/mol. The zero-order chi connectivity index (χ0) is 11.5. The molecule has 2 aromatic rings. The number of aromatic nitrogens is 1. The predicted octanol–water partition coefficient (Wildman–Crippen LogP) is 3.00. The molecule has 0 atom stereocenters. The minimum atomic E-state index is -0.853. The fraction of sp³-hybridized carbons (Fsp3) is 0.0833. The first-order valence-corrected chi connectivity index (χ1v) is 5.60. The molecule has 0 unspecified atom stereocenters. The predicted molar refractivity (Wildman–Crippen MR) is 65.2 cm³/mol. The van der Waals surface area contributed by atoms with Gasteiger partial charge in [0.2, 0.25) is 0 Å². The number of rotatable bonds is 3. The number of carbonyl (C=O) groups is 1. The Morgan fingerprint density at radius 2 is 1.88 bits per heavy atom. The van der Waals surface area contributed by atoms with Gasteiger partial charge in [-0.25, -0.2) is 0 Å². The van der Waals surface area contributed by atoms with Gasteiger partial charge in [-0.1, -0.05) is 30.3 Å². The minimum Gasteiger partial charge on any atom is -0.480 e. The van der Waals surface area contributed by atoms with Crippen molar-refractivity contribution < 1.29 is 9.90 Å². The third kappa shape index (κ3) is 2.17. The Balaban J connectivity index is 2.46. The zero-order valence-electron chi connectivity index (χ0n) is 8.43. The van der Waals surface area contributed by atoms with E-state index >= 15 is 0 Å². The van der Waals surface area contributed by atoms with Crippen LogP contribution >= 0.6 is 15.9 Å². The van der Waals surface area contributed by atoms with Crippen molar-refractivity contribution in [1.82, 2.24) is 4.57 Å². The van der Waals surface area contributed by atoms with Crippen LogP contribution in [0.15, 0.2) is 47.1 Å². The maximum atomic E-state index is 10.8. The third-order valence-corrected chi connectivity index (χ3v) is 2.98. The highest BCUT2D eigenvalue weighted by atomic mass is 79.9. The monoisotopic (exact) mass is 279 g/mol. The van der Waals surface area contributed by atoms with Crippen LogP contribution in [0.3, 0.4) is 0 Å². The lowest BCUT2D eigenvalue weighted by Crippen LogP contribution is -2.09. The number of hydrogen-bond donors (Lipinski definition) is 1. The van der Waals surface area contributed by atoms with Crippen LogP contribution in [-0.2, 0) is 11.3 Å². The molecule has 0 saturated carbocycles. The van der Waals surface area contributed by atoms with Crippen LogP contribution in [0.1, 0.15) is 0 Å². The lowest BCUT2D eigenvalue weighted by molar-refractivity contribution is -0.137. The second-order valence-electron chi connectivity index (χ2n) is 3.39. The number of carboxylic acid groups (broad SMARTS) is 1. The molecule has 1 aromatic heterocycles. The van der Waals surface area contributed by atoms with Gasteiger partial charge in [0.1, 0.15) is 6.54 Å². The number of carboxylic acids is 1. The standard InChI is InChI=1S/C12H10BrNO2/c13-11-7-6-10(14(11)8-12(15)16)9-4-2-1-3-5-9/h1-7H,8H2,(H,15,16). The largest absolute Gasteiger partial charge is 0.480 e. The van der Waals surface area contributed by atoms with E-state index in [-0.39, 0.29) is 6.54 Å². The Morgan fingerprint density at radius 3 is 2.50 bits per heavy atom. The normalized spacial score (nSPS) is 10.3. The molecule has 3 nitrogen and oxygen atoms in total. The average molecular weight is 280 g/mol. The smallest absolute Gasteiger partial charge is 0.323 e. The maximum absolute atomic E-state index is 10.8. The molecule has 4 heteroatoms. The molecule has 1 heterocycles. The summed E-state index contributed by atoms with van der Waals surface area (Å²) in [6.45, 7) is -0.0438. The lowest BCUT2D eigenvalue weighted by atomic mass is 10.1. The van der Waals surface area contributed by atoms with Gasteiger partial charge in [0.05, 0.1) is 4.60 Å². The van der Waals surface area contributed by atoms with Crippen molar-refractivity contribution >= 4 is 21.9 Å². The second-order valence-corrected chi connectivity index (χ2v) is 4.20. The Morgan fingerprint density at radius 1 is 1.19 bits per heavy atom. The van der Waals surface area contributed by atoms with Crippen molar-refractivity contribution in [2.75, 3.05) is 0 Å². The lowest BCUT2D eigenvalue weighted by Gasteiger charge is -2.08. The number of halogens is 1. The fourth-order valence-electron chi connectivity index (χ4n) is 1.60. The molecule has 0 bridgehead atoms. The van der Waals surface area contributed by atoms with Gasteiger partial charge in [-0.15, -0.1) is 0 Å². The number of benzene rings is 1. The minimum absolute atomic E-state index is 0.0438. The van der Waals surface area contributed by atoms with Gasteiger partial charge >= 0.3 is 5.97 Å². The van der Waals surface area contributed by atoms with E-state index < -0.39 is 5.97 Å². The van der Waals surface area contributed by atoms with Crippen LogP contribution in [0.5, 0.6) is 0 Å². The molecule has 2 rings (SSSR count). The topological polar surface area (TPSA) is 42.2 Å². The number of aliphatic carboxylic acids is 1. The van der Waals surface area contributed by atoms with E-state index in [1.165, 1.54) is 0 Å². The molecule has 0 spiro atoms. The first kappa shape index (κ1) is 11.0. The molecule has 16 heavy (non-hydrogen) atoms. The van der Waals surface area contributed by atoms with Crippen molar-refractivity contribution in [3.63, 3.8) is 0 Å². The van der Waals surface area contributed by atoms with Gasteiger partial charge in [0.15, 0.2) is 0 Å². The molecule has 0 aliphatic carbocycles. The summed E-state index contributed by atoms with van der Waals surface area (Å²) in [6, 6.07) is 13.5. The number of hydrogen-bond acceptors (Lipinski definition) is 1. The van der Waals surface area contributed by atoms with Gasteiger partial charge in [0, 0.05) is 5.69 Å². The fourth-order valence-corrected chi connectivity index (χ4v) is 2.05. The van der Waals surface area contributed by atoms with Gasteiger partial charge in [-0.2, -0.15) is 0 Å². The van der Waals surface area contributed by atoms with Gasteiger partial charge in [0.25, 0.3) is 0 Å². The summed E-state index contributed by atoms with van der Waals surface area (Å²) in [5.41, 5.74) is 1.91. The summed E-state index contributed by atoms with van der Waals surface area (Å²) in [4.78, 5) is 10.8. The highest BCUT2D eigenvalue weighted by Crippen LogP contribution is 2.25. The van der Waals surface area contributed by atoms with Crippen molar-refractivity contribution in [2.45, 2.75) is 6.54 Å². The SMILES string of the molecule is O=C(O)Cn1c(Br)ccc1-c1ccccc1. The van der Waals surface area contributed by atoms with Gasteiger partial charge in [-0.3, -0.25) is 4.79 Å². The first-order chi connectivity index (χ1) is 7.68. The summed E-state index contributed by atoms with van der Waals surface area (Å²) < 4.78 is 2.49. The van der Waals surface area contributed by atoms with E-state index in [4.69, 9.17) is 5.11 Å². The molecule has 82 valence electrons. The van der Waals surface area contributed by atoms with E-state index in [1.54, 1.807) is 4.57 Å². The third-order valence-electron chi connectivity index (χ3n) is 2.29. The summed E-state index contributed by atoms with van der Waals surface area (Å²) in [5.74, 6) is -0.853. The van der Waals surface area contributed by atoms with Crippen molar-refractivity contribution in [3.8, 4) is 11.3 Å². The summed E-state index contributed by atoms with van der Waals surface area (Å²) >= 11 is 3.34. The Labute approximate surface area is 101 Å². The van der Waals surface area contributed by atoms with E-state index in [1.807, 2.05) is 42.5 Å². The van der Waals surface area contributed by atoms with Gasteiger partial charge in [-0.05, 0) is 33.6 Å². The van der Waals surface area contributed by atoms with E-state index in [0.717, 1.165) is 15.9 Å². The molecule has 0 radical (unpaired) electrons. The van der Waals surface area contributed by atoms with Crippen molar-refractivity contribution in [2.24, 2.45) is 0 Å². The Kier molecular flexibility index (Phi) is 3.10. The molecule has 0 saturated heterocycles. The van der Waals surface area contributed by atoms with Crippen LogP contribution in [-0.4, -0.2) is 15.6 Å². The second kappa shape index (κ2) is 4.53. The van der Waals surface area contributed by atoms with Crippen LogP contribution < -0.4 is 0 Å². The molecular formula is C12H10BrNO2. The Hall–Kier alpha value is -1.55. The van der Waals surface area contributed by atoms with Gasteiger partial charge < -0.3 is 9.67 Å². The Bertz CT molecular complexity index is 505. The molecule has 0 aliphatic heterocycles. The maximum Gasteiger partial charge on any atom is 0.323 e. The van der Waals surface area contributed by atoms with Crippen LogP contribution in [0.4, 0.5) is 0 Å². The van der Waals surface area contributed by atoms with Crippen molar-refractivity contribution in [3.05, 3.63) is 47.1 Å². The molecule has 1 N–H and O–H groups in total. The molecule has 0 fully saturated rings. The van der Waals surface area contributed by atoms with E-state index in [0.29, 0.717) is 0 Å². The first-order valence-electron chi connectivity index (χ1n) is 4.81. The summed E-state index contributed by atoms with van der Waals surface area (Å²) in [5, 5.41) is 8.84. The quantitative estimate of drug-likeness (QED) is 0.939. The number of nitrogens with zero attached hydrogens (tertiary/aromatic N) is 1.